The van der Waals surface area contributed by atoms with Crippen LogP contribution in [0.3, 0.4) is 0 Å². The first-order chi connectivity index (χ1) is 6.81. The molecule has 4 heteroatoms. The Balaban J connectivity index is 2.08. The standard InChI is InChI=1S/C10H17N3O/c1-8-2-4-9(5-3-8)13-10(7-14)6-11-12-13/h6,8-9,14H,2-5,7H2,1H3. The Kier molecular flexibility index (Phi) is 2.82. The number of hydrogen-bond donors (Lipinski definition) is 1. The Hall–Kier alpha value is -0.900. The SMILES string of the molecule is CC1CCC(n2nncc2CO)CC1. The molecule has 1 heterocycles. The molecule has 1 aliphatic rings. The van der Waals surface area contributed by atoms with Crippen LogP contribution in [-0.2, 0) is 6.61 Å². The predicted octanol–water partition coefficient (Wildman–Crippen LogP) is 1.52. The van der Waals surface area contributed by atoms with Gasteiger partial charge in [-0.1, -0.05) is 12.1 Å². The Morgan fingerprint density at radius 3 is 2.79 bits per heavy atom. The van der Waals surface area contributed by atoms with Gasteiger partial charge in [-0.3, -0.25) is 0 Å². The molecule has 78 valence electrons. The number of aliphatic hydroxyl groups excluding tert-OH is 1. The Labute approximate surface area is 83.9 Å². The van der Waals surface area contributed by atoms with Crippen molar-refractivity contribution in [3.63, 3.8) is 0 Å². The minimum atomic E-state index is 0.0407. The van der Waals surface area contributed by atoms with Crippen LogP contribution >= 0.6 is 0 Å². The van der Waals surface area contributed by atoms with Crippen LogP contribution in [-0.4, -0.2) is 20.1 Å². The number of aromatic nitrogens is 3. The molecule has 0 unspecified atom stereocenters. The van der Waals surface area contributed by atoms with Gasteiger partial charge < -0.3 is 5.11 Å². The maximum Gasteiger partial charge on any atom is 0.0866 e. The fraction of sp³-hybridized carbons (Fsp3) is 0.800. The van der Waals surface area contributed by atoms with Crippen molar-refractivity contribution in [3.05, 3.63) is 11.9 Å². The molecule has 0 radical (unpaired) electrons. The van der Waals surface area contributed by atoms with Gasteiger partial charge in [-0.2, -0.15) is 0 Å². The molecule has 0 aliphatic heterocycles. The smallest absolute Gasteiger partial charge is 0.0866 e. The van der Waals surface area contributed by atoms with Crippen molar-refractivity contribution >= 4 is 0 Å². The minimum Gasteiger partial charge on any atom is -0.390 e. The third-order valence-electron chi connectivity index (χ3n) is 3.14. The van der Waals surface area contributed by atoms with Gasteiger partial charge in [0.15, 0.2) is 0 Å². The number of nitrogens with zero attached hydrogens (tertiary/aromatic N) is 3. The highest BCUT2D eigenvalue weighted by molar-refractivity contribution is 4.94. The summed E-state index contributed by atoms with van der Waals surface area (Å²) in [6.07, 6.45) is 6.50. The summed E-state index contributed by atoms with van der Waals surface area (Å²) < 4.78 is 1.89. The minimum absolute atomic E-state index is 0.0407. The molecule has 2 rings (SSSR count). The summed E-state index contributed by atoms with van der Waals surface area (Å²) >= 11 is 0. The summed E-state index contributed by atoms with van der Waals surface area (Å²) in [5.41, 5.74) is 0.838. The monoisotopic (exact) mass is 195 g/mol. The maximum atomic E-state index is 9.09. The van der Waals surface area contributed by atoms with Crippen molar-refractivity contribution in [3.8, 4) is 0 Å². The average molecular weight is 195 g/mol. The van der Waals surface area contributed by atoms with Crippen molar-refractivity contribution in [1.29, 1.82) is 0 Å². The summed E-state index contributed by atoms with van der Waals surface area (Å²) in [6.45, 7) is 2.34. The second-order valence-corrected chi connectivity index (χ2v) is 4.24. The van der Waals surface area contributed by atoms with Crippen LogP contribution in [0.15, 0.2) is 6.20 Å². The lowest BCUT2D eigenvalue weighted by Gasteiger charge is -2.26. The summed E-state index contributed by atoms with van der Waals surface area (Å²) in [5.74, 6) is 0.840. The van der Waals surface area contributed by atoms with Crippen molar-refractivity contribution < 1.29 is 5.11 Å². The number of rotatable bonds is 2. The topological polar surface area (TPSA) is 50.9 Å². The summed E-state index contributed by atoms with van der Waals surface area (Å²) in [5, 5.41) is 17.0. The van der Waals surface area contributed by atoms with Crippen LogP contribution in [0.4, 0.5) is 0 Å². The van der Waals surface area contributed by atoms with Gasteiger partial charge in [-0.05, 0) is 31.6 Å². The molecule has 1 N–H and O–H groups in total. The second kappa shape index (κ2) is 4.09. The van der Waals surface area contributed by atoms with Gasteiger partial charge in [-0.15, -0.1) is 5.10 Å². The molecule has 1 aliphatic carbocycles. The highest BCUT2D eigenvalue weighted by Crippen LogP contribution is 2.31. The molecule has 0 aromatic carbocycles. The van der Waals surface area contributed by atoms with Crippen LogP contribution in [0.1, 0.15) is 44.3 Å². The number of hydrogen-bond acceptors (Lipinski definition) is 3. The van der Waals surface area contributed by atoms with Crippen molar-refractivity contribution in [1.82, 2.24) is 15.0 Å². The molecule has 4 nitrogen and oxygen atoms in total. The molecule has 0 atom stereocenters. The van der Waals surface area contributed by atoms with E-state index in [2.05, 4.69) is 17.2 Å². The molecule has 1 saturated carbocycles. The van der Waals surface area contributed by atoms with Gasteiger partial charge in [0.25, 0.3) is 0 Å². The zero-order valence-corrected chi connectivity index (χ0v) is 8.56. The first-order valence-electron chi connectivity index (χ1n) is 5.31. The van der Waals surface area contributed by atoms with E-state index in [0.717, 1.165) is 24.5 Å². The lowest BCUT2D eigenvalue weighted by molar-refractivity contribution is 0.232. The van der Waals surface area contributed by atoms with E-state index in [1.54, 1.807) is 6.20 Å². The molecular weight excluding hydrogens is 178 g/mol. The van der Waals surface area contributed by atoms with Crippen molar-refractivity contribution in [2.45, 2.75) is 45.3 Å². The van der Waals surface area contributed by atoms with E-state index >= 15 is 0 Å². The fourth-order valence-corrected chi connectivity index (χ4v) is 2.17. The van der Waals surface area contributed by atoms with Crippen LogP contribution in [0.5, 0.6) is 0 Å². The highest BCUT2D eigenvalue weighted by atomic mass is 16.3. The highest BCUT2D eigenvalue weighted by Gasteiger charge is 2.21. The van der Waals surface area contributed by atoms with Crippen molar-refractivity contribution in [2.75, 3.05) is 0 Å². The van der Waals surface area contributed by atoms with E-state index in [0.29, 0.717) is 6.04 Å². The Morgan fingerprint density at radius 1 is 1.43 bits per heavy atom. The lowest BCUT2D eigenvalue weighted by Crippen LogP contribution is -2.19. The zero-order chi connectivity index (χ0) is 9.97. The molecule has 1 fully saturated rings. The van der Waals surface area contributed by atoms with Crippen LogP contribution in [0.2, 0.25) is 0 Å². The third-order valence-corrected chi connectivity index (χ3v) is 3.14. The van der Waals surface area contributed by atoms with E-state index in [4.69, 9.17) is 5.11 Å². The van der Waals surface area contributed by atoms with E-state index < -0.39 is 0 Å². The lowest BCUT2D eigenvalue weighted by atomic mass is 9.87. The first kappa shape index (κ1) is 9.65. The fourth-order valence-electron chi connectivity index (χ4n) is 2.17. The molecule has 0 bridgehead atoms. The summed E-state index contributed by atoms with van der Waals surface area (Å²) in [4.78, 5) is 0. The van der Waals surface area contributed by atoms with Crippen molar-refractivity contribution in [2.24, 2.45) is 5.92 Å². The maximum absolute atomic E-state index is 9.09. The molecule has 0 spiro atoms. The van der Waals surface area contributed by atoms with Gasteiger partial charge in [0, 0.05) is 0 Å². The first-order valence-corrected chi connectivity index (χ1v) is 5.31. The van der Waals surface area contributed by atoms with E-state index in [1.165, 1.54) is 12.8 Å². The predicted molar refractivity (Wildman–Crippen MR) is 52.6 cm³/mol. The summed E-state index contributed by atoms with van der Waals surface area (Å²) in [6, 6.07) is 0.454. The zero-order valence-electron chi connectivity index (χ0n) is 8.56. The average Bonchev–Trinajstić information content (AvgIpc) is 2.67. The Bertz CT molecular complexity index is 289. The van der Waals surface area contributed by atoms with Gasteiger partial charge in [0.2, 0.25) is 0 Å². The van der Waals surface area contributed by atoms with E-state index in [9.17, 15) is 0 Å². The molecule has 14 heavy (non-hydrogen) atoms. The third kappa shape index (κ3) is 1.80. The normalized spacial score (nSPS) is 27.9. The van der Waals surface area contributed by atoms with Gasteiger partial charge >= 0.3 is 0 Å². The quantitative estimate of drug-likeness (QED) is 0.778. The molecule has 0 saturated heterocycles. The molecule has 1 aromatic rings. The largest absolute Gasteiger partial charge is 0.390 e. The Morgan fingerprint density at radius 2 is 2.14 bits per heavy atom. The summed E-state index contributed by atoms with van der Waals surface area (Å²) in [7, 11) is 0. The molecular formula is C10H17N3O. The molecule has 0 amide bonds. The second-order valence-electron chi connectivity index (χ2n) is 4.24. The van der Waals surface area contributed by atoms with Crippen LogP contribution < -0.4 is 0 Å². The molecule has 1 aromatic heterocycles. The van der Waals surface area contributed by atoms with Crippen LogP contribution in [0.25, 0.3) is 0 Å². The van der Waals surface area contributed by atoms with E-state index in [1.807, 2.05) is 4.68 Å². The van der Waals surface area contributed by atoms with Crippen LogP contribution in [0, 0.1) is 5.92 Å². The van der Waals surface area contributed by atoms with E-state index in [-0.39, 0.29) is 6.61 Å². The van der Waals surface area contributed by atoms with Gasteiger partial charge in [-0.25, -0.2) is 4.68 Å². The number of aliphatic hydroxyl groups is 1. The van der Waals surface area contributed by atoms with Gasteiger partial charge in [0.05, 0.1) is 24.5 Å². The van der Waals surface area contributed by atoms with Gasteiger partial charge in [0.1, 0.15) is 0 Å².